The summed E-state index contributed by atoms with van der Waals surface area (Å²) in [6, 6.07) is 1.99. The molecule has 4 heteroatoms. The predicted molar refractivity (Wildman–Crippen MR) is 76.1 cm³/mol. The number of thiophene rings is 1. The van der Waals surface area contributed by atoms with Crippen LogP contribution in [0.25, 0.3) is 0 Å². The Morgan fingerprint density at radius 1 is 1.50 bits per heavy atom. The van der Waals surface area contributed by atoms with E-state index in [2.05, 4.69) is 26.1 Å². The van der Waals surface area contributed by atoms with Crippen LogP contribution in [0.4, 0.5) is 0 Å². The number of hydrogen-bond acceptors (Lipinski definition) is 3. The molecule has 0 spiro atoms. The molecule has 1 aromatic heterocycles. The summed E-state index contributed by atoms with van der Waals surface area (Å²) < 4.78 is 0. The molecule has 2 N–H and O–H groups in total. The van der Waals surface area contributed by atoms with E-state index in [0.717, 1.165) is 16.9 Å². The summed E-state index contributed by atoms with van der Waals surface area (Å²) in [4.78, 5) is 13.0. The van der Waals surface area contributed by atoms with E-state index >= 15 is 0 Å². The minimum Gasteiger partial charge on any atom is -0.396 e. The maximum Gasteiger partial charge on any atom is 0.261 e. The largest absolute Gasteiger partial charge is 0.396 e. The number of carbonyl (C=O) groups excluding carboxylic acids is 1. The van der Waals surface area contributed by atoms with Crippen molar-refractivity contribution in [2.45, 2.75) is 46.6 Å². The highest BCUT2D eigenvalue weighted by Crippen LogP contribution is 2.23. The second-order valence-electron chi connectivity index (χ2n) is 5.53. The number of aliphatic hydroxyl groups excluding tert-OH is 1. The predicted octanol–water partition coefficient (Wildman–Crippen LogP) is 2.84. The molecule has 0 fully saturated rings. The van der Waals surface area contributed by atoms with Crippen molar-refractivity contribution in [2.24, 2.45) is 5.41 Å². The quantitative estimate of drug-likeness (QED) is 0.863. The fourth-order valence-corrected chi connectivity index (χ4v) is 2.79. The summed E-state index contributed by atoms with van der Waals surface area (Å²) in [5.41, 5.74) is 1.04. The highest BCUT2D eigenvalue weighted by atomic mass is 32.1. The Labute approximate surface area is 113 Å². The van der Waals surface area contributed by atoms with Gasteiger partial charge in [-0.1, -0.05) is 27.7 Å². The topological polar surface area (TPSA) is 49.3 Å². The molecule has 0 bridgehead atoms. The Morgan fingerprint density at radius 2 is 2.17 bits per heavy atom. The Kier molecular flexibility index (Phi) is 5.35. The van der Waals surface area contributed by atoms with E-state index in [1.54, 1.807) is 0 Å². The summed E-state index contributed by atoms with van der Waals surface area (Å²) in [5, 5.41) is 14.1. The van der Waals surface area contributed by atoms with Gasteiger partial charge in [0.05, 0.1) is 4.88 Å². The first-order valence-electron chi connectivity index (χ1n) is 6.38. The number of amides is 1. The average molecular weight is 269 g/mol. The molecule has 3 nitrogen and oxygen atoms in total. The van der Waals surface area contributed by atoms with Crippen LogP contribution < -0.4 is 5.32 Å². The van der Waals surface area contributed by atoms with Gasteiger partial charge in [0.15, 0.2) is 0 Å². The molecule has 1 unspecified atom stereocenters. The van der Waals surface area contributed by atoms with Crippen LogP contribution in [0.1, 0.15) is 49.4 Å². The third-order valence-corrected chi connectivity index (χ3v) is 4.06. The Balaban J connectivity index is 2.79. The lowest BCUT2D eigenvalue weighted by Crippen LogP contribution is -2.44. The lowest BCUT2D eigenvalue weighted by atomic mass is 9.85. The van der Waals surface area contributed by atoms with E-state index in [1.807, 2.05) is 18.4 Å². The van der Waals surface area contributed by atoms with Gasteiger partial charge in [0.2, 0.25) is 0 Å². The smallest absolute Gasteiger partial charge is 0.261 e. The second kappa shape index (κ2) is 6.34. The maximum absolute atomic E-state index is 12.2. The number of aryl methyl sites for hydroxylation is 1. The highest BCUT2D eigenvalue weighted by Gasteiger charge is 2.26. The zero-order chi connectivity index (χ0) is 13.8. The SMILES string of the molecule is CCc1ccsc1C(=O)NC(CCO)C(C)(C)C. The molecule has 1 amide bonds. The normalized spacial score (nSPS) is 13.4. The van der Waals surface area contributed by atoms with Crippen molar-refractivity contribution in [2.75, 3.05) is 6.61 Å². The van der Waals surface area contributed by atoms with Crippen LogP contribution in [0.2, 0.25) is 0 Å². The Morgan fingerprint density at radius 3 is 2.67 bits per heavy atom. The van der Waals surface area contributed by atoms with Crippen molar-refractivity contribution in [3.8, 4) is 0 Å². The monoisotopic (exact) mass is 269 g/mol. The molecule has 102 valence electrons. The molecule has 0 saturated carbocycles. The number of rotatable bonds is 5. The van der Waals surface area contributed by atoms with E-state index in [0.29, 0.717) is 6.42 Å². The number of carbonyl (C=O) groups is 1. The van der Waals surface area contributed by atoms with E-state index in [-0.39, 0.29) is 24.0 Å². The van der Waals surface area contributed by atoms with Crippen molar-refractivity contribution in [1.82, 2.24) is 5.32 Å². The van der Waals surface area contributed by atoms with Crippen LogP contribution in [0.5, 0.6) is 0 Å². The standard InChI is InChI=1S/C14H23NO2S/c1-5-10-7-9-18-12(10)13(17)15-11(6-8-16)14(2,3)4/h7,9,11,16H,5-6,8H2,1-4H3,(H,15,17). The molecule has 0 aliphatic rings. The van der Waals surface area contributed by atoms with E-state index in [1.165, 1.54) is 11.3 Å². The lowest BCUT2D eigenvalue weighted by Gasteiger charge is -2.31. The summed E-state index contributed by atoms with van der Waals surface area (Å²) in [6.07, 6.45) is 1.45. The van der Waals surface area contributed by atoms with Crippen LogP contribution in [0, 0.1) is 5.41 Å². The lowest BCUT2D eigenvalue weighted by molar-refractivity contribution is 0.0888. The van der Waals surface area contributed by atoms with Gasteiger partial charge in [-0.25, -0.2) is 0 Å². The Bertz CT molecular complexity index is 393. The van der Waals surface area contributed by atoms with Gasteiger partial charge in [-0.05, 0) is 35.3 Å². The van der Waals surface area contributed by atoms with Crippen LogP contribution in [-0.2, 0) is 6.42 Å². The zero-order valence-electron chi connectivity index (χ0n) is 11.6. The summed E-state index contributed by atoms with van der Waals surface area (Å²) in [7, 11) is 0. The molecular formula is C14H23NO2S. The average Bonchev–Trinajstić information content (AvgIpc) is 2.75. The van der Waals surface area contributed by atoms with Crippen LogP contribution in [-0.4, -0.2) is 23.7 Å². The van der Waals surface area contributed by atoms with Gasteiger partial charge in [0, 0.05) is 12.6 Å². The number of hydrogen-bond donors (Lipinski definition) is 2. The minimum absolute atomic E-state index is 0.0122. The van der Waals surface area contributed by atoms with Gasteiger partial charge in [-0.15, -0.1) is 11.3 Å². The van der Waals surface area contributed by atoms with Gasteiger partial charge >= 0.3 is 0 Å². The fourth-order valence-electron chi connectivity index (χ4n) is 1.89. The van der Waals surface area contributed by atoms with Gasteiger partial charge < -0.3 is 10.4 Å². The molecule has 1 atom stereocenters. The molecule has 0 radical (unpaired) electrons. The van der Waals surface area contributed by atoms with Crippen molar-refractivity contribution in [3.63, 3.8) is 0 Å². The van der Waals surface area contributed by atoms with Crippen LogP contribution >= 0.6 is 11.3 Å². The maximum atomic E-state index is 12.2. The fraction of sp³-hybridized carbons (Fsp3) is 0.643. The van der Waals surface area contributed by atoms with Crippen LogP contribution in [0.15, 0.2) is 11.4 Å². The number of aliphatic hydroxyl groups is 1. The summed E-state index contributed by atoms with van der Waals surface area (Å²) in [6.45, 7) is 8.36. The van der Waals surface area contributed by atoms with Gasteiger partial charge in [0.25, 0.3) is 5.91 Å². The second-order valence-corrected chi connectivity index (χ2v) is 6.45. The molecule has 0 aliphatic heterocycles. The molecule has 0 aromatic carbocycles. The first kappa shape index (κ1) is 15.2. The van der Waals surface area contributed by atoms with Gasteiger partial charge in [0.1, 0.15) is 0 Å². The first-order valence-corrected chi connectivity index (χ1v) is 7.26. The first-order chi connectivity index (χ1) is 8.40. The van der Waals surface area contributed by atoms with Gasteiger partial charge in [-0.2, -0.15) is 0 Å². The van der Waals surface area contributed by atoms with Crippen molar-refractivity contribution in [1.29, 1.82) is 0 Å². The summed E-state index contributed by atoms with van der Waals surface area (Å²) in [5.74, 6) is -0.0183. The highest BCUT2D eigenvalue weighted by molar-refractivity contribution is 7.12. The van der Waals surface area contributed by atoms with E-state index in [9.17, 15) is 4.79 Å². The third kappa shape index (κ3) is 3.82. The van der Waals surface area contributed by atoms with Gasteiger partial charge in [-0.3, -0.25) is 4.79 Å². The molecule has 1 aromatic rings. The van der Waals surface area contributed by atoms with Crippen molar-refractivity contribution < 1.29 is 9.90 Å². The van der Waals surface area contributed by atoms with E-state index in [4.69, 9.17) is 5.11 Å². The third-order valence-electron chi connectivity index (χ3n) is 3.10. The molecule has 18 heavy (non-hydrogen) atoms. The van der Waals surface area contributed by atoms with Crippen molar-refractivity contribution >= 4 is 17.2 Å². The minimum atomic E-state index is -0.0535. The molecule has 0 aliphatic carbocycles. The Hall–Kier alpha value is -0.870. The molecule has 0 saturated heterocycles. The van der Waals surface area contributed by atoms with E-state index < -0.39 is 0 Å². The molecule has 1 rings (SSSR count). The van der Waals surface area contributed by atoms with Crippen molar-refractivity contribution in [3.05, 3.63) is 21.9 Å². The van der Waals surface area contributed by atoms with Crippen LogP contribution in [0.3, 0.4) is 0 Å². The number of nitrogens with one attached hydrogen (secondary N) is 1. The molecule has 1 heterocycles. The summed E-state index contributed by atoms with van der Waals surface area (Å²) >= 11 is 1.48. The molecular weight excluding hydrogens is 246 g/mol. The zero-order valence-corrected chi connectivity index (χ0v) is 12.4.